The Morgan fingerprint density at radius 2 is 2.00 bits per heavy atom. The molecule has 0 fully saturated rings. The van der Waals surface area contributed by atoms with Crippen LogP contribution in [0.4, 0.5) is 10.1 Å². The van der Waals surface area contributed by atoms with Gasteiger partial charge in [0.05, 0.1) is 11.4 Å². The van der Waals surface area contributed by atoms with Crippen LogP contribution in [-0.2, 0) is 11.2 Å². The molecule has 0 aliphatic carbocycles. The van der Waals surface area contributed by atoms with Gasteiger partial charge < -0.3 is 5.32 Å². The van der Waals surface area contributed by atoms with E-state index in [-0.39, 0.29) is 11.6 Å². The van der Waals surface area contributed by atoms with Crippen LogP contribution in [0, 0.1) is 12.7 Å². The van der Waals surface area contributed by atoms with Crippen LogP contribution in [0.15, 0.2) is 60.9 Å². The van der Waals surface area contributed by atoms with Gasteiger partial charge in [0, 0.05) is 31.8 Å². The number of nitrogens with zero attached hydrogens (tertiary/aromatic N) is 2. The van der Waals surface area contributed by atoms with Crippen LogP contribution in [0.3, 0.4) is 0 Å². The molecule has 0 saturated heterocycles. The highest BCUT2D eigenvalue weighted by atomic mass is 19.1. The number of hydrogen-bond acceptors (Lipinski definition) is 3. The predicted molar refractivity (Wildman–Crippen MR) is 96.5 cm³/mol. The summed E-state index contributed by atoms with van der Waals surface area (Å²) in [6.45, 7) is 2.47. The second kappa shape index (κ2) is 7.75. The number of carbonyl (C=O) groups excluding carboxylic acids is 1. The Morgan fingerprint density at radius 3 is 2.72 bits per heavy atom. The smallest absolute Gasteiger partial charge is 0.139 e. The van der Waals surface area contributed by atoms with Gasteiger partial charge >= 0.3 is 0 Å². The van der Waals surface area contributed by atoms with E-state index in [4.69, 9.17) is 0 Å². The highest BCUT2D eigenvalue weighted by molar-refractivity contribution is 5.81. The number of rotatable bonds is 7. The summed E-state index contributed by atoms with van der Waals surface area (Å²) in [6, 6.07) is 14.2. The van der Waals surface area contributed by atoms with Gasteiger partial charge in [-0.2, -0.15) is 5.10 Å². The maximum absolute atomic E-state index is 13.6. The lowest BCUT2D eigenvalue weighted by Crippen LogP contribution is -2.12. The Kier molecular flexibility index (Phi) is 5.23. The van der Waals surface area contributed by atoms with Crippen LogP contribution >= 0.6 is 0 Å². The summed E-state index contributed by atoms with van der Waals surface area (Å²) in [5.74, 6) is -0.183. The van der Waals surface area contributed by atoms with Gasteiger partial charge in [0.25, 0.3) is 0 Å². The first-order chi connectivity index (χ1) is 12.1. The van der Waals surface area contributed by atoms with Crippen LogP contribution in [-0.4, -0.2) is 22.1 Å². The summed E-state index contributed by atoms with van der Waals surface area (Å²) in [5, 5.41) is 7.32. The van der Waals surface area contributed by atoms with E-state index in [0.29, 0.717) is 25.1 Å². The van der Waals surface area contributed by atoms with E-state index in [1.807, 2.05) is 31.2 Å². The van der Waals surface area contributed by atoms with Gasteiger partial charge in [-0.25, -0.2) is 9.07 Å². The summed E-state index contributed by atoms with van der Waals surface area (Å²) in [5.41, 5.74) is 3.55. The van der Waals surface area contributed by atoms with E-state index in [1.54, 1.807) is 29.2 Å². The molecule has 1 aromatic heterocycles. The van der Waals surface area contributed by atoms with Crippen molar-refractivity contribution in [3.05, 3.63) is 77.9 Å². The van der Waals surface area contributed by atoms with Crippen LogP contribution < -0.4 is 5.32 Å². The average molecular weight is 337 g/mol. The number of ketones is 1. The highest BCUT2D eigenvalue weighted by Gasteiger charge is 2.08. The molecule has 128 valence electrons. The lowest BCUT2D eigenvalue weighted by atomic mass is 10.1. The van der Waals surface area contributed by atoms with Crippen LogP contribution in [0.25, 0.3) is 5.69 Å². The maximum Gasteiger partial charge on any atom is 0.139 e. The fourth-order valence-electron chi connectivity index (χ4n) is 2.62. The molecule has 5 heteroatoms. The molecule has 0 aliphatic heterocycles. The SMILES string of the molecule is Cc1ccc(CC(=O)CCNc2cc(F)ccc2-n2cccn2)cc1. The molecule has 0 spiro atoms. The Balaban J connectivity index is 1.59. The third kappa shape index (κ3) is 4.53. The van der Waals surface area contributed by atoms with E-state index in [9.17, 15) is 9.18 Å². The van der Waals surface area contributed by atoms with Crippen molar-refractivity contribution in [3.8, 4) is 5.69 Å². The molecule has 0 aliphatic rings. The monoisotopic (exact) mass is 337 g/mol. The molecule has 4 nitrogen and oxygen atoms in total. The Morgan fingerprint density at radius 1 is 1.20 bits per heavy atom. The minimum atomic E-state index is -0.329. The molecule has 1 heterocycles. The molecule has 0 atom stereocenters. The third-order valence-electron chi connectivity index (χ3n) is 3.95. The summed E-state index contributed by atoms with van der Waals surface area (Å²) < 4.78 is 15.2. The van der Waals surface area contributed by atoms with Gasteiger partial charge in [-0.05, 0) is 36.8 Å². The normalized spacial score (nSPS) is 10.6. The molecular weight excluding hydrogens is 317 g/mol. The molecule has 3 rings (SSSR count). The largest absolute Gasteiger partial charge is 0.383 e. The number of halogens is 1. The quantitative estimate of drug-likeness (QED) is 0.710. The summed E-state index contributed by atoms with van der Waals surface area (Å²) in [6.07, 6.45) is 4.25. The Labute approximate surface area is 146 Å². The first kappa shape index (κ1) is 16.9. The molecule has 1 N–H and O–H groups in total. The predicted octanol–water partition coefficient (Wildman–Crippen LogP) is 3.93. The fourth-order valence-corrected chi connectivity index (χ4v) is 2.62. The second-order valence-corrected chi connectivity index (χ2v) is 5.99. The van der Waals surface area contributed by atoms with E-state index >= 15 is 0 Å². The lowest BCUT2D eigenvalue weighted by molar-refractivity contribution is -0.118. The average Bonchev–Trinajstić information content (AvgIpc) is 3.11. The Hall–Kier alpha value is -2.95. The number of hydrogen-bond donors (Lipinski definition) is 1. The summed E-state index contributed by atoms with van der Waals surface area (Å²) in [7, 11) is 0. The minimum Gasteiger partial charge on any atom is -0.383 e. The molecule has 0 unspecified atom stereocenters. The maximum atomic E-state index is 13.6. The van der Waals surface area contributed by atoms with E-state index in [2.05, 4.69) is 10.4 Å². The van der Waals surface area contributed by atoms with Crippen molar-refractivity contribution in [1.82, 2.24) is 9.78 Å². The lowest BCUT2D eigenvalue weighted by Gasteiger charge is -2.12. The molecule has 0 saturated carbocycles. The molecule has 2 aromatic carbocycles. The Bertz CT molecular complexity index is 842. The fraction of sp³-hybridized carbons (Fsp3) is 0.200. The summed E-state index contributed by atoms with van der Waals surface area (Å²) >= 11 is 0. The van der Waals surface area contributed by atoms with Crippen molar-refractivity contribution in [2.75, 3.05) is 11.9 Å². The van der Waals surface area contributed by atoms with Crippen molar-refractivity contribution in [1.29, 1.82) is 0 Å². The standard InChI is InChI=1S/C20H20FN3O/c1-15-3-5-16(6-4-15)13-18(25)9-11-22-19-14-17(21)7-8-20(19)24-12-2-10-23-24/h2-8,10,12,14,22H,9,11,13H2,1H3. The molecule has 0 bridgehead atoms. The second-order valence-electron chi connectivity index (χ2n) is 5.99. The van der Waals surface area contributed by atoms with Crippen molar-refractivity contribution >= 4 is 11.5 Å². The van der Waals surface area contributed by atoms with Crippen LogP contribution in [0.5, 0.6) is 0 Å². The van der Waals surface area contributed by atoms with Crippen molar-refractivity contribution < 1.29 is 9.18 Å². The zero-order valence-corrected chi connectivity index (χ0v) is 14.1. The van der Waals surface area contributed by atoms with Gasteiger partial charge in [-0.1, -0.05) is 29.8 Å². The molecule has 0 amide bonds. The number of nitrogens with one attached hydrogen (secondary N) is 1. The number of benzene rings is 2. The highest BCUT2D eigenvalue weighted by Crippen LogP contribution is 2.21. The van der Waals surface area contributed by atoms with E-state index in [1.165, 1.54) is 17.7 Å². The van der Waals surface area contributed by atoms with Crippen LogP contribution in [0.2, 0.25) is 0 Å². The summed E-state index contributed by atoms with van der Waals surface area (Å²) in [4.78, 5) is 12.1. The van der Waals surface area contributed by atoms with Crippen molar-refractivity contribution in [3.63, 3.8) is 0 Å². The molecule has 0 radical (unpaired) electrons. The first-order valence-electron chi connectivity index (χ1n) is 8.22. The number of carbonyl (C=O) groups is 1. The van der Waals surface area contributed by atoms with Crippen LogP contribution in [0.1, 0.15) is 17.5 Å². The third-order valence-corrected chi connectivity index (χ3v) is 3.95. The van der Waals surface area contributed by atoms with Gasteiger partial charge in [0.2, 0.25) is 0 Å². The topological polar surface area (TPSA) is 46.9 Å². The zero-order valence-electron chi connectivity index (χ0n) is 14.1. The van der Waals surface area contributed by atoms with E-state index in [0.717, 1.165) is 11.3 Å². The van der Waals surface area contributed by atoms with Gasteiger partial charge in [-0.3, -0.25) is 4.79 Å². The van der Waals surface area contributed by atoms with Gasteiger partial charge in [0.15, 0.2) is 0 Å². The molecular formula is C20H20FN3O. The van der Waals surface area contributed by atoms with E-state index < -0.39 is 0 Å². The van der Waals surface area contributed by atoms with Gasteiger partial charge in [-0.15, -0.1) is 0 Å². The molecule has 25 heavy (non-hydrogen) atoms. The number of aryl methyl sites for hydroxylation is 1. The molecule has 3 aromatic rings. The van der Waals surface area contributed by atoms with Crippen molar-refractivity contribution in [2.24, 2.45) is 0 Å². The first-order valence-corrected chi connectivity index (χ1v) is 8.22. The number of aromatic nitrogens is 2. The van der Waals surface area contributed by atoms with Gasteiger partial charge in [0.1, 0.15) is 11.6 Å². The number of anilines is 1. The van der Waals surface area contributed by atoms with Crippen molar-refractivity contribution in [2.45, 2.75) is 19.8 Å². The zero-order chi connectivity index (χ0) is 17.6. The minimum absolute atomic E-state index is 0.147. The number of Topliss-reactive ketones (excluding diaryl/α,β-unsaturated/α-hetero) is 1.